The second kappa shape index (κ2) is 9.14. The van der Waals surface area contributed by atoms with E-state index >= 15 is 0 Å². The second-order valence-electron chi connectivity index (χ2n) is 4.40. The first-order valence-corrected chi connectivity index (χ1v) is 6.76. The van der Waals surface area contributed by atoms with Crippen molar-refractivity contribution in [1.29, 1.82) is 0 Å². The van der Waals surface area contributed by atoms with Crippen LogP contribution in [0.15, 0.2) is 23.0 Å². The smallest absolute Gasteiger partial charge is 0.257 e. The Labute approximate surface area is 119 Å². The van der Waals surface area contributed by atoms with Gasteiger partial charge in [-0.1, -0.05) is 6.92 Å². The Morgan fingerprint density at radius 3 is 2.80 bits per heavy atom. The van der Waals surface area contributed by atoms with Crippen LogP contribution >= 0.6 is 0 Å². The normalized spacial score (nSPS) is 10.3. The number of hydrogen-bond donors (Lipinski definition) is 1. The summed E-state index contributed by atoms with van der Waals surface area (Å²) in [5.41, 5.74) is 0.512. The van der Waals surface area contributed by atoms with Crippen LogP contribution in [0.3, 0.4) is 0 Å². The topological polar surface area (TPSA) is 71.8 Å². The number of carbonyl (C=O) groups is 2. The van der Waals surface area contributed by atoms with Gasteiger partial charge < -0.3 is 19.4 Å². The number of nitrogens with one attached hydrogen (secondary N) is 1. The van der Waals surface area contributed by atoms with E-state index in [4.69, 9.17) is 9.15 Å². The molecule has 0 saturated heterocycles. The number of nitrogens with zero attached hydrogens (tertiary/aromatic N) is 1. The maximum absolute atomic E-state index is 12.2. The molecule has 1 heterocycles. The first kappa shape index (κ1) is 16.2. The first-order chi connectivity index (χ1) is 9.69. The van der Waals surface area contributed by atoms with Crippen molar-refractivity contribution in [2.75, 3.05) is 33.4 Å². The van der Waals surface area contributed by atoms with Crippen molar-refractivity contribution in [1.82, 2.24) is 10.2 Å². The maximum atomic E-state index is 12.2. The quantitative estimate of drug-likeness (QED) is 0.693. The lowest BCUT2D eigenvalue weighted by atomic mass is 10.2. The fourth-order valence-corrected chi connectivity index (χ4v) is 1.77. The third-order valence-electron chi connectivity index (χ3n) is 2.79. The number of furan rings is 1. The van der Waals surface area contributed by atoms with Gasteiger partial charge in [0.2, 0.25) is 5.91 Å². The van der Waals surface area contributed by atoms with Crippen LogP contribution in [0.5, 0.6) is 0 Å². The molecule has 0 atom stereocenters. The Bertz CT molecular complexity index is 403. The van der Waals surface area contributed by atoms with E-state index in [1.54, 1.807) is 18.1 Å². The highest BCUT2D eigenvalue weighted by molar-refractivity contribution is 5.94. The molecule has 0 aliphatic carbocycles. The Balaban J connectivity index is 2.43. The van der Waals surface area contributed by atoms with Gasteiger partial charge in [0, 0.05) is 33.2 Å². The molecular formula is C14H22N2O4. The van der Waals surface area contributed by atoms with Gasteiger partial charge in [0.05, 0.1) is 18.4 Å². The zero-order valence-corrected chi connectivity index (χ0v) is 12.1. The Kier molecular flexibility index (Phi) is 7.42. The number of hydrogen-bond acceptors (Lipinski definition) is 4. The summed E-state index contributed by atoms with van der Waals surface area (Å²) in [6, 6.07) is 1.63. The van der Waals surface area contributed by atoms with Gasteiger partial charge in [-0.25, -0.2) is 0 Å². The Morgan fingerprint density at radius 1 is 1.40 bits per heavy atom. The number of ether oxygens (including phenoxy) is 1. The van der Waals surface area contributed by atoms with E-state index in [9.17, 15) is 9.59 Å². The zero-order valence-electron chi connectivity index (χ0n) is 12.1. The van der Waals surface area contributed by atoms with Gasteiger partial charge in [-0.3, -0.25) is 9.59 Å². The molecule has 112 valence electrons. The van der Waals surface area contributed by atoms with Crippen molar-refractivity contribution in [2.24, 2.45) is 0 Å². The first-order valence-electron chi connectivity index (χ1n) is 6.76. The molecule has 1 aromatic rings. The molecule has 0 radical (unpaired) electrons. The molecule has 0 fully saturated rings. The summed E-state index contributed by atoms with van der Waals surface area (Å²) in [7, 11) is 1.58. The number of amides is 2. The van der Waals surface area contributed by atoms with E-state index in [1.807, 2.05) is 6.92 Å². The minimum Gasteiger partial charge on any atom is -0.472 e. The van der Waals surface area contributed by atoms with Crippen LogP contribution in [0.25, 0.3) is 0 Å². The van der Waals surface area contributed by atoms with Gasteiger partial charge in [-0.05, 0) is 12.5 Å². The van der Waals surface area contributed by atoms with E-state index in [-0.39, 0.29) is 18.2 Å². The summed E-state index contributed by atoms with van der Waals surface area (Å²) in [4.78, 5) is 25.5. The van der Waals surface area contributed by atoms with E-state index in [0.717, 1.165) is 6.42 Å². The molecule has 0 spiro atoms. The SMILES string of the molecule is CCCN(CCC(=O)NCCOC)C(=O)c1ccoc1. The molecule has 0 unspecified atom stereocenters. The lowest BCUT2D eigenvalue weighted by molar-refractivity contribution is -0.121. The molecule has 0 aliphatic heterocycles. The fraction of sp³-hybridized carbons (Fsp3) is 0.571. The van der Waals surface area contributed by atoms with Crippen molar-refractivity contribution in [3.8, 4) is 0 Å². The molecule has 0 aromatic carbocycles. The predicted molar refractivity (Wildman–Crippen MR) is 74.4 cm³/mol. The van der Waals surface area contributed by atoms with Gasteiger partial charge in [-0.15, -0.1) is 0 Å². The van der Waals surface area contributed by atoms with Gasteiger partial charge >= 0.3 is 0 Å². The van der Waals surface area contributed by atoms with Crippen LogP contribution in [-0.2, 0) is 9.53 Å². The van der Waals surface area contributed by atoms with E-state index in [0.29, 0.717) is 31.8 Å². The van der Waals surface area contributed by atoms with Gasteiger partial charge in [0.1, 0.15) is 6.26 Å². The van der Waals surface area contributed by atoms with E-state index in [1.165, 1.54) is 12.5 Å². The highest BCUT2D eigenvalue weighted by Crippen LogP contribution is 2.07. The summed E-state index contributed by atoms with van der Waals surface area (Å²) >= 11 is 0. The summed E-state index contributed by atoms with van der Waals surface area (Å²) < 4.78 is 9.77. The van der Waals surface area contributed by atoms with Crippen LogP contribution in [0.1, 0.15) is 30.1 Å². The highest BCUT2D eigenvalue weighted by Gasteiger charge is 2.16. The van der Waals surface area contributed by atoms with Gasteiger partial charge in [0.15, 0.2) is 0 Å². The maximum Gasteiger partial charge on any atom is 0.257 e. The Morgan fingerprint density at radius 2 is 2.20 bits per heavy atom. The van der Waals surface area contributed by atoms with Gasteiger partial charge in [0.25, 0.3) is 5.91 Å². The molecule has 1 N–H and O–H groups in total. The lowest BCUT2D eigenvalue weighted by Gasteiger charge is -2.21. The molecule has 1 aromatic heterocycles. The van der Waals surface area contributed by atoms with Gasteiger partial charge in [-0.2, -0.15) is 0 Å². The molecule has 0 saturated carbocycles. The molecule has 1 rings (SSSR count). The minimum atomic E-state index is -0.106. The summed E-state index contributed by atoms with van der Waals surface area (Å²) in [5, 5.41) is 2.73. The molecule has 2 amide bonds. The molecule has 20 heavy (non-hydrogen) atoms. The van der Waals surface area contributed by atoms with Crippen LogP contribution in [0, 0.1) is 0 Å². The largest absolute Gasteiger partial charge is 0.472 e. The molecular weight excluding hydrogens is 260 g/mol. The van der Waals surface area contributed by atoms with Crippen LogP contribution in [-0.4, -0.2) is 50.1 Å². The van der Waals surface area contributed by atoms with Crippen molar-refractivity contribution >= 4 is 11.8 Å². The molecule has 0 aliphatic rings. The molecule has 6 heteroatoms. The average Bonchev–Trinajstić information content (AvgIpc) is 2.97. The Hall–Kier alpha value is -1.82. The number of methoxy groups -OCH3 is 1. The number of rotatable bonds is 9. The standard InChI is InChI=1S/C14H22N2O4/c1-3-7-16(14(18)12-5-9-20-11-12)8-4-13(17)15-6-10-19-2/h5,9,11H,3-4,6-8,10H2,1-2H3,(H,15,17). The third kappa shape index (κ3) is 5.44. The van der Waals surface area contributed by atoms with Crippen LogP contribution in [0.2, 0.25) is 0 Å². The highest BCUT2D eigenvalue weighted by atomic mass is 16.5. The lowest BCUT2D eigenvalue weighted by Crippen LogP contribution is -2.36. The average molecular weight is 282 g/mol. The summed E-state index contributed by atoms with van der Waals surface area (Å²) in [5.74, 6) is -0.187. The molecule has 0 bridgehead atoms. The second-order valence-corrected chi connectivity index (χ2v) is 4.40. The fourth-order valence-electron chi connectivity index (χ4n) is 1.77. The van der Waals surface area contributed by atoms with Crippen molar-refractivity contribution in [2.45, 2.75) is 19.8 Å². The van der Waals surface area contributed by atoms with Crippen molar-refractivity contribution in [3.05, 3.63) is 24.2 Å². The number of carbonyl (C=O) groups excluding carboxylic acids is 2. The minimum absolute atomic E-state index is 0.0804. The summed E-state index contributed by atoms with van der Waals surface area (Å²) in [6.07, 6.45) is 4.01. The predicted octanol–water partition coefficient (Wildman–Crippen LogP) is 1.28. The van der Waals surface area contributed by atoms with Crippen molar-refractivity contribution in [3.63, 3.8) is 0 Å². The zero-order chi connectivity index (χ0) is 14.8. The molecule has 6 nitrogen and oxygen atoms in total. The monoisotopic (exact) mass is 282 g/mol. The third-order valence-corrected chi connectivity index (χ3v) is 2.79. The van der Waals surface area contributed by atoms with Crippen molar-refractivity contribution < 1.29 is 18.7 Å². The van der Waals surface area contributed by atoms with Crippen LogP contribution < -0.4 is 5.32 Å². The van der Waals surface area contributed by atoms with E-state index < -0.39 is 0 Å². The van der Waals surface area contributed by atoms with Crippen LogP contribution in [0.4, 0.5) is 0 Å². The summed E-state index contributed by atoms with van der Waals surface area (Å²) in [6.45, 7) is 3.98. The van der Waals surface area contributed by atoms with E-state index in [2.05, 4.69) is 5.32 Å².